The Hall–Kier alpha value is -2.69. The van der Waals surface area contributed by atoms with E-state index in [-0.39, 0.29) is 5.78 Å². The number of fused-ring (bicyclic) bond motifs is 1. The summed E-state index contributed by atoms with van der Waals surface area (Å²) >= 11 is 0. The molecule has 106 valence electrons. The largest absolute Gasteiger partial charge is 0.419 e. The number of carbonyl (C=O) groups is 1. The minimum absolute atomic E-state index is 0.0518. The van der Waals surface area contributed by atoms with Crippen molar-refractivity contribution >= 4 is 16.9 Å². The van der Waals surface area contributed by atoms with Crippen molar-refractivity contribution in [3.8, 4) is 0 Å². The van der Waals surface area contributed by atoms with E-state index in [4.69, 9.17) is 4.42 Å². The molecule has 2 heterocycles. The second kappa shape index (κ2) is 5.36. The second-order valence-corrected chi connectivity index (χ2v) is 4.86. The first-order chi connectivity index (χ1) is 10.1. The second-order valence-electron chi connectivity index (χ2n) is 4.86. The van der Waals surface area contributed by atoms with Crippen LogP contribution in [0.1, 0.15) is 22.8 Å². The summed E-state index contributed by atoms with van der Waals surface area (Å²) in [7, 11) is 0. The molecule has 5 nitrogen and oxygen atoms in total. The quantitative estimate of drug-likeness (QED) is 0.689. The zero-order chi connectivity index (χ0) is 14.8. The maximum Gasteiger partial charge on any atom is 0.419 e. The van der Waals surface area contributed by atoms with E-state index in [0.717, 1.165) is 5.56 Å². The molecule has 0 unspecified atom stereocenters. The Morgan fingerprint density at radius 2 is 2.00 bits per heavy atom. The zero-order valence-electron chi connectivity index (χ0n) is 11.6. The van der Waals surface area contributed by atoms with Crippen LogP contribution in [0.3, 0.4) is 0 Å². The van der Waals surface area contributed by atoms with Gasteiger partial charge in [-0.25, -0.2) is 4.79 Å². The molecule has 0 fully saturated rings. The topological polar surface area (TPSA) is 65.1 Å². The van der Waals surface area contributed by atoms with Crippen molar-refractivity contribution in [2.45, 2.75) is 19.9 Å². The summed E-state index contributed by atoms with van der Waals surface area (Å²) in [4.78, 5) is 27.3. The number of nitrogens with zero attached hydrogens (tertiary/aromatic N) is 2. The maximum absolute atomic E-state index is 11.9. The molecule has 5 heteroatoms. The molecule has 0 radical (unpaired) electrons. The molecule has 0 N–H and O–H groups in total. The van der Waals surface area contributed by atoms with Gasteiger partial charge < -0.3 is 4.42 Å². The first-order valence-corrected chi connectivity index (χ1v) is 6.68. The van der Waals surface area contributed by atoms with Crippen LogP contribution in [0.25, 0.3) is 11.1 Å². The van der Waals surface area contributed by atoms with Gasteiger partial charge in [0, 0.05) is 24.5 Å². The van der Waals surface area contributed by atoms with Gasteiger partial charge in [0.15, 0.2) is 11.4 Å². The predicted molar refractivity (Wildman–Crippen MR) is 78.4 cm³/mol. The Bertz CT molecular complexity index is 847. The molecular formula is C16H14N2O3. The summed E-state index contributed by atoms with van der Waals surface area (Å²) in [5.41, 5.74) is 2.80. The average Bonchev–Trinajstić information content (AvgIpc) is 2.80. The summed E-state index contributed by atoms with van der Waals surface area (Å²) in [6.07, 6.45) is 4.17. The molecule has 2 aromatic heterocycles. The van der Waals surface area contributed by atoms with E-state index in [1.54, 1.807) is 35.2 Å². The van der Waals surface area contributed by atoms with E-state index < -0.39 is 5.76 Å². The van der Waals surface area contributed by atoms with Crippen molar-refractivity contribution in [1.29, 1.82) is 0 Å². The number of carbonyl (C=O) groups excluding carboxylic acids is 1. The maximum atomic E-state index is 11.9. The number of rotatable bonds is 4. The molecule has 0 aliphatic heterocycles. The molecule has 0 spiro atoms. The van der Waals surface area contributed by atoms with E-state index >= 15 is 0 Å². The number of aromatic nitrogens is 2. The molecule has 0 saturated carbocycles. The summed E-state index contributed by atoms with van der Waals surface area (Å²) in [5, 5.41) is 0. The van der Waals surface area contributed by atoms with Crippen LogP contribution in [0.2, 0.25) is 0 Å². The molecule has 0 bridgehead atoms. The first-order valence-electron chi connectivity index (χ1n) is 6.68. The fourth-order valence-electron chi connectivity index (χ4n) is 2.29. The van der Waals surface area contributed by atoms with Crippen molar-refractivity contribution in [3.63, 3.8) is 0 Å². The Kier molecular flexibility index (Phi) is 3.39. The lowest BCUT2D eigenvalue weighted by Crippen LogP contribution is -2.15. The minimum Gasteiger partial charge on any atom is -0.408 e. The Balaban J connectivity index is 1.93. The lowest BCUT2D eigenvalue weighted by molar-refractivity contribution is 0.101. The van der Waals surface area contributed by atoms with Gasteiger partial charge in [-0.3, -0.25) is 14.3 Å². The molecule has 21 heavy (non-hydrogen) atoms. The third-order valence-corrected chi connectivity index (χ3v) is 3.45. The SMILES string of the molecule is CC(=O)c1ccc2c(c1)oc(=O)n2CCc1ccncc1. The number of hydrogen-bond donors (Lipinski definition) is 0. The van der Waals surface area contributed by atoms with Gasteiger partial charge in [0.2, 0.25) is 0 Å². The van der Waals surface area contributed by atoms with Crippen LogP contribution in [0, 0.1) is 0 Å². The van der Waals surface area contributed by atoms with Crippen molar-refractivity contribution in [2.24, 2.45) is 0 Å². The summed E-state index contributed by atoms with van der Waals surface area (Å²) in [5.74, 6) is -0.455. The van der Waals surface area contributed by atoms with Gasteiger partial charge in [-0.05, 0) is 49.2 Å². The summed E-state index contributed by atoms with van der Waals surface area (Å²) < 4.78 is 6.80. The Morgan fingerprint density at radius 1 is 1.24 bits per heavy atom. The normalized spacial score (nSPS) is 10.9. The Labute approximate surface area is 120 Å². The van der Waals surface area contributed by atoms with Crippen molar-refractivity contribution in [1.82, 2.24) is 9.55 Å². The third kappa shape index (κ3) is 2.63. The van der Waals surface area contributed by atoms with Crippen molar-refractivity contribution < 1.29 is 9.21 Å². The molecule has 1 aromatic carbocycles. The molecule has 0 atom stereocenters. The van der Waals surface area contributed by atoms with Gasteiger partial charge in [0.05, 0.1) is 5.52 Å². The van der Waals surface area contributed by atoms with Gasteiger partial charge in [-0.15, -0.1) is 0 Å². The Morgan fingerprint density at radius 3 is 2.71 bits per heavy atom. The number of oxazole rings is 1. The fraction of sp³-hybridized carbons (Fsp3) is 0.188. The van der Waals surface area contributed by atoms with Crippen LogP contribution in [0.5, 0.6) is 0 Å². The third-order valence-electron chi connectivity index (χ3n) is 3.45. The van der Waals surface area contributed by atoms with E-state index in [0.29, 0.717) is 29.6 Å². The van der Waals surface area contributed by atoms with Gasteiger partial charge in [0.25, 0.3) is 0 Å². The zero-order valence-corrected chi connectivity index (χ0v) is 11.6. The van der Waals surface area contributed by atoms with E-state index in [1.807, 2.05) is 12.1 Å². The van der Waals surface area contributed by atoms with Gasteiger partial charge in [0.1, 0.15) is 0 Å². The van der Waals surface area contributed by atoms with Crippen LogP contribution in [0.15, 0.2) is 51.9 Å². The number of pyridine rings is 1. The highest BCUT2D eigenvalue weighted by Crippen LogP contribution is 2.16. The summed E-state index contributed by atoms with van der Waals surface area (Å²) in [6, 6.07) is 8.91. The summed E-state index contributed by atoms with van der Waals surface area (Å²) in [6.45, 7) is 2.01. The van der Waals surface area contributed by atoms with Gasteiger partial charge >= 0.3 is 5.76 Å². The smallest absolute Gasteiger partial charge is 0.408 e. The lowest BCUT2D eigenvalue weighted by Gasteiger charge is -2.02. The molecule has 0 aliphatic rings. The van der Waals surface area contributed by atoms with Crippen LogP contribution < -0.4 is 5.76 Å². The fourth-order valence-corrected chi connectivity index (χ4v) is 2.29. The number of benzene rings is 1. The molecule has 3 rings (SSSR count). The number of Topliss-reactive ketones (excluding diaryl/α,β-unsaturated/α-hetero) is 1. The monoisotopic (exact) mass is 282 g/mol. The van der Waals surface area contributed by atoms with E-state index in [9.17, 15) is 9.59 Å². The van der Waals surface area contributed by atoms with Gasteiger partial charge in [-0.2, -0.15) is 0 Å². The highest BCUT2D eigenvalue weighted by Gasteiger charge is 2.11. The van der Waals surface area contributed by atoms with Crippen LogP contribution in [0.4, 0.5) is 0 Å². The molecule has 0 saturated heterocycles. The van der Waals surface area contributed by atoms with E-state index in [2.05, 4.69) is 4.98 Å². The molecule has 3 aromatic rings. The first kappa shape index (κ1) is 13.3. The van der Waals surface area contributed by atoms with Crippen molar-refractivity contribution in [2.75, 3.05) is 0 Å². The molecule has 0 aliphatic carbocycles. The standard InChI is InChI=1S/C16H14N2O3/c1-11(19)13-2-3-14-15(10-13)21-16(20)18(14)9-6-12-4-7-17-8-5-12/h2-5,7-8,10H,6,9H2,1H3. The van der Waals surface area contributed by atoms with E-state index in [1.165, 1.54) is 6.92 Å². The van der Waals surface area contributed by atoms with Crippen LogP contribution in [-0.4, -0.2) is 15.3 Å². The molecular weight excluding hydrogens is 268 g/mol. The van der Waals surface area contributed by atoms with Gasteiger partial charge in [-0.1, -0.05) is 0 Å². The number of hydrogen-bond acceptors (Lipinski definition) is 4. The van der Waals surface area contributed by atoms with Crippen LogP contribution >= 0.6 is 0 Å². The highest BCUT2D eigenvalue weighted by atomic mass is 16.4. The number of aryl methyl sites for hydroxylation is 2. The minimum atomic E-state index is -0.403. The highest BCUT2D eigenvalue weighted by molar-refractivity contribution is 5.96. The van der Waals surface area contributed by atoms with Crippen LogP contribution in [-0.2, 0) is 13.0 Å². The predicted octanol–water partition coefficient (Wildman–Crippen LogP) is 2.43. The number of ketones is 1. The average molecular weight is 282 g/mol. The molecule has 0 amide bonds. The van der Waals surface area contributed by atoms with Crippen molar-refractivity contribution in [3.05, 3.63) is 64.4 Å². The lowest BCUT2D eigenvalue weighted by atomic mass is 10.1.